The van der Waals surface area contributed by atoms with E-state index in [1.165, 1.54) is 0 Å². The predicted molar refractivity (Wildman–Crippen MR) is 110 cm³/mol. The number of aromatic amines is 1. The van der Waals surface area contributed by atoms with Crippen molar-refractivity contribution in [1.82, 2.24) is 14.8 Å². The van der Waals surface area contributed by atoms with Gasteiger partial charge in [-0.25, -0.2) is 4.79 Å². The lowest BCUT2D eigenvalue weighted by molar-refractivity contribution is 0.180. The SMILES string of the molecule is N#Cc1nn(-c2cc(Br)c(Oc3ccc4c(c3)CCC4O)c(Br)c2)c(=O)[nH]c1=O. The molecule has 0 aliphatic heterocycles. The molecule has 0 spiro atoms. The van der Waals surface area contributed by atoms with E-state index in [9.17, 15) is 14.7 Å². The number of hydrogen-bond acceptors (Lipinski definition) is 6. The standard InChI is InChI=1S/C19H12Br2N4O4/c20-13-6-10(25-19(28)23-18(27)15(8-22)24-25)7-14(21)17(13)29-11-2-3-12-9(5-11)1-4-16(12)26/h2-3,5-7,16,26H,1,4H2,(H,23,27,28). The van der Waals surface area contributed by atoms with E-state index in [2.05, 4.69) is 41.9 Å². The van der Waals surface area contributed by atoms with E-state index in [4.69, 9.17) is 10.00 Å². The summed E-state index contributed by atoms with van der Waals surface area (Å²) in [6, 6.07) is 10.4. The fourth-order valence-electron chi connectivity index (χ4n) is 3.17. The molecule has 1 atom stereocenters. The molecule has 0 radical (unpaired) electrons. The van der Waals surface area contributed by atoms with Crippen LogP contribution in [0.5, 0.6) is 11.5 Å². The molecule has 0 bridgehead atoms. The van der Waals surface area contributed by atoms with Crippen LogP contribution in [0.25, 0.3) is 5.69 Å². The second-order valence-corrected chi connectivity index (χ2v) is 8.10. The quantitative estimate of drug-likeness (QED) is 0.548. The first kappa shape index (κ1) is 19.6. The summed E-state index contributed by atoms with van der Waals surface area (Å²) in [5.41, 5.74) is 0.269. The first-order valence-corrected chi connectivity index (χ1v) is 10.1. The number of aliphatic hydroxyl groups excluding tert-OH is 1. The van der Waals surface area contributed by atoms with Crippen molar-refractivity contribution in [3.05, 3.63) is 76.9 Å². The maximum atomic E-state index is 12.1. The molecule has 1 aliphatic rings. The summed E-state index contributed by atoms with van der Waals surface area (Å²) in [7, 11) is 0. The van der Waals surface area contributed by atoms with Gasteiger partial charge in [-0.2, -0.15) is 9.94 Å². The maximum absolute atomic E-state index is 12.1. The summed E-state index contributed by atoms with van der Waals surface area (Å²) in [6.07, 6.45) is 1.06. The zero-order valence-electron chi connectivity index (χ0n) is 14.6. The third kappa shape index (κ3) is 3.64. The topological polar surface area (TPSA) is 121 Å². The number of rotatable bonds is 3. The molecule has 10 heteroatoms. The normalized spacial score (nSPS) is 15.0. The van der Waals surface area contributed by atoms with Crippen LogP contribution >= 0.6 is 31.9 Å². The Hall–Kier alpha value is -2.74. The van der Waals surface area contributed by atoms with Crippen molar-refractivity contribution in [2.75, 3.05) is 0 Å². The summed E-state index contributed by atoms with van der Waals surface area (Å²) in [5.74, 6) is 1.09. The van der Waals surface area contributed by atoms with Crippen LogP contribution in [0.4, 0.5) is 0 Å². The summed E-state index contributed by atoms with van der Waals surface area (Å²) >= 11 is 6.85. The fraction of sp³-hybridized carbons (Fsp3) is 0.158. The van der Waals surface area contributed by atoms with Gasteiger partial charge < -0.3 is 9.84 Å². The van der Waals surface area contributed by atoms with Crippen LogP contribution in [0.3, 0.4) is 0 Å². The van der Waals surface area contributed by atoms with Gasteiger partial charge >= 0.3 is 5.69 Å². The molecule has 0 saturated heterocycles. The van der Waals surface area contributed by atoms with Crippen molar-refractivity contribution < 1.29 is 9.84 Å². The van der Waals surface area contributed by atoms with Crippen LogP contribution in [0.1, 0.15) is 29.3 Å². The van der Waals surface area contributed by atoms with Crippen LogP contribution in [0.2, 0.25) is 0 Å². The average molecular weight is 520 g/mol. The van der Waals surface area contributed by atoms with Crippen molar-refractivity contribution in [2.24, 2.45) is 0 Å². The van der Waals surface area contributed by atoms with Gasteiger partial charge in [0.2, 0.25) is 5.69 Å². The third-order valence-corrected chi connectivity index (χ3v) is 5.72. The molecule has 146 valence electrons. The highest BCUT2D eigenvalue weighted by Crippen LogP contribution is 2.40. The molecular weight excluding hydrogens is 508 g/mol. The average Bonchev–Trinajstić information content (AvgIpc) is 3.05. The number of H-pyrrole nitrogens is 1. The molecule has 29 heavy (non-hydrogen) atoms. The number of hydrogen-bond donors (Lipinski definition) is 2. The van der Waals surface area contributed by atoms with E-state index in [1.807, 2.05) is 12.1 Å². The minimum absolute atomic E-state index is 0.325. The number of halogens is 2. The molecule has 1 unspecified atom stereocenters. The van der Waals surface area contributed by atoms with Crippen molar-refractivity contribution in [2.45, 2.75) is 18.9 Å². The van der Waals surface area contributed by atoms with Gasteiger partial charge in [0.1, 0.15) is 11.8 Å². The van der Waals surface area contributed by atoms with E-state index in [0.29, 0.717) is 32.6 Å². The Balaban J connectivity index is 1.71. The van der Waals surface area contributed by atoms with E-state index >= 15 is 0 Å². The Morgan fingerprint density at radius 1 is 1.24 bits per heavy atom. The van der Waals surface area contributed by atoms with E-state index in [1.54, 1.807) is 24.3 Å². The maximum Gasteiger partial charge on any atom is 0.349 e. The molecule has 1 aromatic heterocycles. The molecule has 2 aromatic carbocycles. The van der Waals surface area contributed by atoms with Gasteiger partial charge in [0.05, 0.1) is 20.7 Å². The van der Waals surface area contributed by atoms with Gasteiger partial charge in [0.15, 0.2) is 5.75 Å². The van der Waals surface area contributed by atoms with Crippen molar-refractivity contribution >= 4 is 31.9 Å². The largest absolute Gasteiger partial charge is 0.455 e. The van der Waals surface area contributed by atoms with Gasteiger partial charge in [-0.1, -0.05) is 6.07 Å². The zero-order chi connectivity index (χ0) is 20.7. The number of aliphatic hydroxyl groups is 1. The summed E-state index contributed by atoms with van der Waals surface area (Å²) < 4.78 is 7.98. The van der Waals surface area contributed by atoms with Gasteiger partial charge in [-0.05, 0) is 80.1 Å². The smallest absolute Gasteiger partial charge is 0.349 e. The molecule has 8 nitrogen and oxygen atoms in total. The third-order valence-electron chi connectivity index (χ3n) is 4.54. The predicted octanol–water partition coefficient (Wildman–Crippen LogP) is 3.09. The second-order valence-electron chi connectivity index (χ2n) is 6.39. The van der Waals surface area contributed by atoms with Crippen LogP contribution in [0, 0.1) is 11.3 Å². The molecule has 0 saturated carbocycles. The molecule has 4 rings (SSSR count). The Morgan fingerprint density at radius 3 is 2.66 bits per heavy atom. The lowest BCUT2D eigenvalue weighted by Gasteiger charge is -2.13. The minimum Gasteiger partial charge on any atom is -0.455 e. The summed E-state index contributed by atoms with van der Waals surface area (Å²) in [5, 5.41) is 22.7. The highest BCUT2D eigenvalue weighted by molar-refractivity contribution is 9.11. The summed E-state index contributed by atoms with van der Waals surface area (Å²) in [6.45, 7) is 0. The molecule has 0 amide bonds. The number of nitrogens with zero attached hydrogens (tertiary/aromatic N) is 3. The number of aromatic nitrogens is 3. The molecule has 1 heterocycles. The zero-order valence-corrected chi connectivity index (χ0v) is 17.8. The van der Waals surface area contributed by atoms with Gasteiger partial charge in [-0.3, -0.25) is 9.78 Å². The van der Waals surface area contributed by atoms with Crippen LogP contribution in [-0.4, -0.2) is 19.9 Å². The second kappa shape index (κ2) is 7.59. The number of nitrogens with one attached hydrogen (secondary N) is 1. The van der Waals surface area contributed by atoms with E-state index < -0.39 is 23.0 Å². The van der Waals surface area contributed by atoms with Crippen molar-refractivity contribution in [3.8, 4) is 23.3 Å². The lowest BCUT2D eigenvalue weighted by atomic mass is 10.1. The van der Waals surface area contributed by atoms with Gasteiger partial charge in [-0.15, -0.1) is 5.10 Å². The highest BCUT2D eigenvalue weighted by Gasteiger charge is 2.21. The Kier molecular flexibility index (Phi) is 5.12. The number of nitriles is 1. The first-order chi connectivity index (χ1) is 13.9. The Morgan fingerprint density at radius 2 is 1.97 bits per heavy atom. The molecular formula is C19H12Br2N4O4. The number of benzene rings is 2. The fourth-order valence-corrected chi connectivity index (χ4v) is 4.49. The van der Waals surface area contributed by atoms with Crippen LogP contribution < -0.4 is 16.0 Å². The van der Waals surface area contributed by atoms with Crippen LogP contribution in [0.15, 0.2) is 48.9 Å². The Labute approximate surface area is 180 Å². The molecule has 3 aromatic rings. The number of aryl methyl sites for hydroxylation is 1. The molecule has 1 aliphatic carbocycles. The lowest BCUT2D eigenvalue weighted by Crippen LogP contribution is -2.33. The molecule has 2 N–H and O–H groups in total. The van der Waals surface area contributed by atoms with Crippen LogP contribution in [-0.2, 0) is 6.42 Å². The van der Waals surface area contributed by atoms with Crippen molar-refractivity contribution in [1.29, 1.82) is 5.26 Å². The van der Waals surface area contributed by atoms with E-state index in [-0.39, 0.29) is 0 Å². The Bertz CT molecular complexity index is 1270. The van der Waals surface area contributed by atoms with Crippen molar-refractivity contribution in [3.63, 3.8) is 0 Å². The first-order valence-electron chi connectivity index (χ1n) is 8.49. The molecule has 0 fully saturated rings. The van der Waals surface area contributed by atoms with E-state index in [0.717, 1.165) is 22.2 Å². The highest BCUT2D eigenvalue weighted by atomic mass is 79.9. The minimum atomic E-state index is -0.839. The number of ether oxygens (including phenoxy) is 1. The van der Waals surface area contributed by atoms with Gasteiger partial charge in [0.25, 0.3) is 5.56 Å². The summed E-state index contributed by atoms with van der Waals surface area (Å²) in [4.78, 5) is 25.7. The monoisotopic (exact) mass is 518 g/mol. The number of fused-ring (bicyclic) bond motifs is 1. The van der Waals surface area contributed by atoms with Gasteiger partial charge in [0, 0.05) is 0 Å².